The molecule has 0 saturated carbocycles. The molecule has 1 unspecified atom stereocenters. The summed E-state index contributed by atoms with van der Waals surface area (Å²) in [7, 11) is 0. The van der Waals surface area contributed by atoms with Crippen LogP contribution >= 0.6 is 12.6 Å². The maximum atomic E-state index is 12.2. The van der Waals surface area contributed by atoms with Crippen LogP contribution in [0.3, 0.4) is 0 Å². The smallest absolute Gasteiger partial charge is 0.252 e. The molecule has 0 aliphatic heterocycles. The lowest BCUT2D eigenvalue weighted by molar-refractivity contribution is 0.0939. The van der Waals surface area contributed by atoms with Crippen molar-refractivity contribution in [2.24, 2.45) is 0 Å². The zero-order valence-corrected chi connectivity index (χ0v) is 11.8. The Morgan fingerprint density at radius 1 is 1.26 bits per heavy atom. The van der Waals surface area contributed by atoms with Gasteiger partial charge in [-0.25, -0.2) is 0 Å². The highest BCUT2D eigenvalue weighted by atomic mass is 32.1. The summed E-state index contributed by atoms with van der Waals surface area (Å²) in [6.07, 6.45) is 3.44. The second kappa shape index (κ2) is 5.89. The molecule has 0 spiro atoms. The van der Waals surface area contributed by atoms with Crippen molar-refractivity contribution < 1.29 is 4.79 Å². The van der Waals surface area contributed by atoms with Gasteiger partial charge in [-0.3, -0.25) is 9.78 Å². The number of hydrogen-bond acceptors (Lipinski definition) is 3. The number of aromatic nitrogens is 1. The maximum absolute atomic E-state index is 12.2. The fourth-order valence-electron chi connectivity index (χ4n) is 1.86. The molecule has 0 fully saturated rings. The Morgan fingerprint density at radius 3 is 2.63 bits per heavy atom. The Labute approximate surface area is 118 Å². The predicted octanol–water partition coefficient (Wildman–Crippen LogP) is 3.17. The van der Waals surface area contributed by atoms with Crippen molar-refractivity contribution in [2.75, 3.05) is 0 Å². The molecule has 19 heavy (non-hydrogen) atoms. The molecule has 0 aliphatic rings. The monoisotopic (exact) mass is 272 g/mol. The first-order chi connectivity index (χ1) is 9.08. The largest absolute Gasteiger partial charge is 0.346 e. The lowest BCUT2D eigenvalue weighted by atomic mass is 10.1. The van der Waals surface area contributed by atoms with Gasteiger partial charge in [0, 0.05) is 22.9 Å². The number of amides is 1. The first-order valence-electron chi connectivity index (χ1n) is 6.08. The van der Waals surface area contributed by atoms with Gasteiger partial charge < -0.3 is 5.32 Å². The summed E-state index contributed by atoms with van der Waals surface area (Å²) < 4.78 is 0. The minimum absolute atomic E-state index is 0.0570. The zero-order valence-electron chi connectivity index (χ0n) is 10.9. The van der Waals surface area contributed by atoms with Crippen LogP contribution in [-0.4, -0.2) is 10.9 Å². The molecule has 2 aromatic rings. The molecular weight excluding hydrogens is 256 g/mol. The molecule has 4 heteroatoms. The Bertz CT molecular complexity index is 584. The number of carbonyl (C=O) groups is 1. The Hall–Kier alpha value is -1.81. The van der Waals surface area contributed by atoms with Gasteiger partial charge >= 0.3 is 0 Å². The van der Waals surface area contributed by atoms with Crippen molar-refractivity contribution in [1.29, 1.82) is 0 Å². The standard InChI is InChI=1S/C15H16N2OS/c1-10-3-4-13(19)9-14(10)15(18)17-11(2)12-5-7-16-8-6-12/h3-9,11,19H,1-2H3,(H,17,18). The molecule has 0 aliphatic carbocycles. The van der Waals surface area contributed by atoms with Crippen LogP contribution in [0.4, 0.5) is 0 Å². The number of carbonyl (C=O) groups excluding carboxylic acids is 1. The third-order valence-corrected chi connectivity index (χ3v) is 3.30. The van der Waals surface area contributed by atoms with Gasteiger partial charge in [-0.2, -0.15) is 0 Å². The van der Waals surface area contributed by atoms with E-state index in [2.05, 4.69) is 22.9 Å². The lowest BCUT2D eigenvalue weighted by Crippen LogP contribution is -2.27. The van der Waals surface area contributed by atoms with Crippen molar-refractivity contribution in [3.63, 3.8) is 0 Å². The molecule has 0 radical (unpaired) electrons. The Morgan fingerprint density at radius 2 is 1.95 bits per heavy atom. The van der Waals surface area contributed by atoms with E-state index in [1.807, 2.05) is 38.1 Å². The Balaban J connectivity index is 2.15. The van der Waals surface area contributed by atoms with Crippen LogP contribution in [0.1, 0.15) is 34.5 Å². The van der Waals surface area contributed by atoms with E-state index in [0.29, 0.717) is 5.56 Å². The summed E-state index contributed by atoms with van der Waals surface area (Å²) in [4.78, 5) is 17.0. The number of hydrogen-bond donors (Lipinski definition) is 2. The molecule has 1 aromatic carbocycles. The van der Waals surface area contributed by atoms with Crippen molar-refractivity contribution in [3.8, 4) is 0 Å². The molecule has 0 bridgehead atoms. The summed E-state index contributed by atoms with van der Waals surface area (Å²) in [5, 5.41) is 2.98. The van der Waals surface area contributed by atoms with Gasteiger partial charge in [0.15, 0.2) is 0 Å². The van der Waals surface area contributed by atoms with E-state index < -0.39 is 0 Å². The van der Waals surface area contributed by atoms with Gasteiger partial charge in [-0.1, -0.05) is 6.07 Å². The number of rotatable bonds is 3. The SMILES string of the molecule is Cc1ccc(S)cc1C(=O)NC(C)c1ccncc1. The van der Waals surface area contributed by atoms with Gasteiger partial charge in [0.2, 0.25) is 0 Å². The zero-order chi connectivity index (χ0) is 13.8. The van der Waals surface area contributed by atoms with E-state index in [4.69, 9.17) is 0 Å². The molecule has 2 rings (SSSR count). The summed E-state index contributed by atoms with van der Waals surface area (Å²) >= 11 is 4.27. The maximum Gasteiger partial charge on any atom is 0.252 e. The quantitative estimate of drug-likeness (QED) is 0.843. The van der Waals surface area contributed by atoms with E-state index in [1.54, 1.807) is 18.5 Å². The second-order valence-corrected chi connectivity index (χ2v) is 4.99. The number of thiol groups is 1. The van der Waals surface area contributed by atoms with Crippen molar-refractivity contribution >= 4 is 18.5 Å². The third kappa shape index (κ3) is 3.35. The summed E-state index contributed by atoms with van der Waals surface area (Å²) in [6, 6.07) is 9.29. The second-order valence-electron chi connectivity index (χ2n) is 4.47. The van der Waals surface area contributed by atoms with E-state index in [1.165, 1.54) is 0 Å². The van der Waals surface area contributed by atoms with Gasteiger partial charge in [-0.15, -0.1) is 12.6 Å². The minimum Gasteiger partial charge on any atom is -0.346 e. The van der Waals surface area contributed by atoms with E-state index in [9.17, 15) is 4.79 Å². The van der Waals surface area contributed by atoms with E-state index >= 15 is 0 Å². The molecule has 1 atom stereocenters. The van der Waals surface area contributed by atoms with Gasteiger partial charge in [-0.05, 0) is 49.2 Å². The number of nitrogens with zero attached hydrogens (tertiary/aromatic N) is 1. The van der Waals surface area contributed by atoms with Crippen LogP contribution in [0, 0.1) is 6.92 Å². The van der Waals surface area contributed by atoms with E-state index in [-0.39, 0.29) is 11.9 Å². The highest BCUT2D eigenvalue weighted by Gasteiger charge is 2.13. The fourth-order valence-corrected chi connectivity index (χ4v) is 2.07. The first-order valence-corrected chi connectivity index (χ1v) is 6.53. The van der Waals surface area contributed by atoms with E-state index in [0.717, 1.165) is 16.0 Å². The van der Waals surface area contributed by atoms with Crippen LogP contribution in [0.5, 0.6) is 0 Å². The highest BCUT2D eigenvalue weighted by molar-refractivity contribution is 7.80. The van der Waals surface area contributed by atoms with Crippen molar-refractivity contribution in [1.82, 2.24) is 10.3 Å². The van der Waals surface area contributed by atoms with Crippen LogP contribution in [-0.2, 0) is 0 Å². The molecule has 98 valence electrons. The van der Waals surface area contributed by atoms with Crippen molar-refractivity contribution in [2.45, 2.75) is 24.8 Å². The minimum atomic E-state index is -0.0855. The van der Waals surface area contributed by atoms with Crippen LogP contribution in [0.2, 0.25) is 0 Å². The third-order valence-electron chi connectivity index (χ3n) is 3.02. The van der Waals surface area contributed by atoms with Gasteiger partial charge in [0.25, 0.3) is 5.91 Å². The average Bonchev–Trinajstić information content (AvgIpc) is 2.42. The normalized spacial score (nSPS) is 11.9. The molecule has 0 saturated heterocycles. The van der Waals surface area contributed by atoms with Crippen molar-refractivity contribution in [3.05, 3.63) is 59.4 Å². The summed E-state index contributed by atoms with van der Waals surface area (Å²) in [5.41, 5.74) is 2.63. The molecule has 1 N–H and O–H groups in total. The molecule has 3 nitrogen and oxygen atoms in total. The topological polar surface area (TPSA) is 42.0 Å². The first kappa shape index (κ1) is 13.6. The average molecular weight is 272 g/mol. The Kier molecular flexibility index (Phi) is 4.22. The number of aryl methyl sites for hydroxylation is 1. The van der Waals surface area contributed by atoms with Gasteiger partial charge in [0.05, 0.1) is 6.04 Å². The van der Waals surface area contributed by atoms with Gasteiger partial charge in [0.1, 0.15) is 0 Å². The number of nitrogens with one attached hydrogen (secondary N) is 1. The summed E-state index contributed by atoms with van der Waals surface area (Å²) in [6.45, 7) is 3.87. The van der Waals surface area contributed by atoms with Crippen LogP contribution in [0.15, 0.2) is 47.6 Å². The molecule has 1 heterocycles. The van der Waals surface area contributed by atoms with Crippen LogP contribution in [0.25, 0.3) is 0 Å². The summed E-state index contributed by atoms with van der Waals surface area (Å²) in [5.74, 6) is -0.0855. The fraction of sp³-hybridized carbons (Fsp3) is 0.200. The predicted molar refractivity (Wildman–Crippen MR) is 78.5 cm³/mol. The highest BCUT2D eigenvalue weighted by Crippen LogP contribution is 2.16. The number of benzene rings is 1. The van der Waals surface area contributed by atoms with Crippen LogP contribution < -0.4 is 5.32 Å². The molecular formula is C15H16N2OS. The molecule has 1 amide bonds. The number of pyridine rings is 1. The lowest BCUT2D eigenvalue weighted by Gasteiger charge is -2.15. The molecule has 1 aromatic heterocycles.